The van der Waals surface area contributed by atoms with Gasteiger partial charge in [0.25, 0.3) is 0 Å². The molecule has 0 spiro atoms. The summed E-state index contributed by atoms with van der Waals surface area (Å²) in [5, 5.41) is 3.47. The van der Waals surface area contributed by atoms with Crippen LogP contribution in [-0.2, 0) is 16.3 Å². The molecule has 0 amide bonds. The molecule has 1 N–H and O–H groups in total. The molecule has 0 aliphatic carbocycles. The number of benzene rings is 1. The Morgan fingerprint density at radius 3 is 2.45 bits per heavy atom. The van der Waals surface area contributed by atoms with E-state index in [1.54, 1.807) is 0 Å². The highest BCUT2D eigenvalue weighted by atomic mass is 32.2. The van der Waals surface area contributed by atoms with Gasteiger partial charge in [-0.1, -0.05) is 44.5 Å². The van der Waals surface area contributed by atoms with Crippen molar-refractivity contribution in [2.45, 2.75) is 39.2 Å². The highest BCUT2D eigenvalue weighted by Crippen LogP contribution is 2.31. The van der Waals surface area contributed by atoms with E-state index in [9.17, 15) is 8.42 Å². The number of rotatable bonds is 6. The van der Waals surface area contributed by atoms with Crippen molar-refractivity contribution in [3.8, 4) is 0 Å². The fraction of sp³-hybridized carbons (Fsp3) is 0.625. The van der Waals surface area contributed by atoms with Crippen LogP contribution in [-0.4, -0.2) is 26.5 Å². The first-order chi connectivity index (χ1) is 9.55. The first-order valence-corrected chi connectivity index (χ1v) is 9.40. The Morgan fingerprint density at radius 1 is 1.25 bits per heavy atom. The fourth-order valence-electron chi connectivity index (χ4n) is 3.04. The summed E-state index contributed by atoms with van der Waals surface area (Å²) in [6.45, 7) is 5.11. The van der Waals surface area contributed by atoms with Gasteiger partial charge in [-0.25, -0.2) is 8.42 Å². The van der Waals surface area contributed by atoms with Crippen molar-refractivity contribution in [1.29, 1.82) is 0 Å². The van der Waals surface area contributed by atoms with Crippen LogP contribution in [0.1, 0.15) is 43.9 Å². The molecule has 0 aromatic heterocycles. The molecule has 20 heavy (non-hydrogen) atoms. The van der Waals surface area contributed by atoms with Crippen molar-refractivity contribution in [1.82, 2.24) is 5.32 Å². The molecule has 0 saturated carbocycles. The average Bonchev–Trinajstić information content (AvgIpc) is 2.78. The summed E-state index contributed by atoms with van der Waals surface area (Å²) in [5.74, 6) is 0.867. The standard InChI is InChI=1S/C16H25NO2S/c1-3-5-13-6-8-14(9-7-13)16(17-4-2)15-10-11-20(18,19)12-15/h6-9,15-17H,3-5,10-12H2,1-2H3. The summed E-state index contributed by atoms with van der Waals surface area (Å²) in [4.78, 5) is 0. The quantitative estimate of drug-likeness (QED) is 0.878. The molecule has 1 saturated heterocycles. The predicted octanol–water partition coefficient (Wildman–Crippen LogP) is 2.72. The Morgan fingerprint density at radius 2 is 1.95 bits per heavy atom. The van der Waals surface area contributed by atoms with E-state index in [4.69, 9.17) is 0 Å². The van der Waals surface area contributed by atoms with Crippen molar-refractivity contribution in [3.05, 3.63) is 35.4 Å². The van der Waals surface area contributed by atoms with E-state index in [1.807, 2.05) is 0 Å². The zero-order valence-electron chi connectivity index (χ0n) is 12.4. The summed E-state index contributed by atoms with van der Waals surface area (Å²) < 4.78 is 23.4. The molecule has 3 nitrogen and oxygen atoms in total. The van der Waals surface area contributed by atoms with Crippen LogP contribution in [0.5, 0.6) is 0 Å². The second-order valence-electron chi connectivity index (χ2n) is 5.69. The maximum atomic E-state index is 11.7. The maximum absolute atomic E-state index is 11.7. The minimum absolute atomic E-state index is 0.160. The van der Waals surface area contributed by atoms with Crippen molar-refractivity contribution < 1.29 is 8.42 Å². The third-order valence-electron chi connectivity index (χ3n) is 4.04. The molecule has 1 aromatic rings. The van der Waals surface area contributed by atoms with Crippen LogP contribution >= 0.6 is 0 Å². The monoisotopic (exact) mass is 295 g/mol. The first kappa shape index (κ1) is 15.5. The van der Waals surface area contributed by atoms with Gasteiger partial charge in [0.2, 0.25) is 0 Å². The highest BCUT2D eigenvalue weighted by molar-refractivity contribution is 7.91. The van der Waals surface area contributed by atoms with Gasteiger partial charge in [0, 0.05) is 6.04 Å². The molecule has 1 heterocycles. The van der Waals surface area contributed by atoms with Crippen LogP contribution in [0.2, 0.25) is 0 Å². The summed E-state index contributed by atoms with van der Waals surface area (Å²) in [6.07, 6.45) is 3.03. The minimum atomic E-state index is -2.82. The van der Waals surface area contributed by atoms with Crippen LogP contribution in [0, 0.1) is 5.92 Å². The Hall–Kier alpha value is -0.870. The second kappa shape index (κ2) is 6.72. The normalized spacial score (nSPS) is 22.8. The zero-order valence-corrected chi connectivity index (χ0v) is 13.2. The average molecular weight is 295 g/mol. The van der Waals surface area contributed by atoms with Crippen LogP contribution in [0.15, 0.2) is 24.3 Å². The van der Waals surface area contributed by atoms with Crippen molar-refractivity contribution >= 4 is 9.84 Å². The Bertz CT molecular complexity index is 522. The van der Waals surface area contributed by atoms with Crippen molar-refractivity contribution in [3.63, 3.8) is 0 Å². The van der Waals surface area contributed by atoms with E-state index in [2.05, 4.69) is 43.4 Å². The zero-order chi connectivity index (χ0) is 14.6. The largest absolute Gasteiger partial charge is 0.310 e. The lowest BCUT2D eigenvalue weighted by molar-refractivity contribution is 0.400. The van der Waals surface area contributed by atoms with Gasteiger partial charge in [-0.2, -0.15) is 0 Å². The SMILES string of the molecule is CCCc1ccc(C(NCC)C2CCS(=O)(=O)C2)cc1. The van der Waals surface area contributed by atoms with E-state index in [0.29, 0.717) is 11.5 Å². The second-order valence-corrected chi connectivity index (χ2v) is 7.92. The fourth-order valence-corrected chi connectivity index (χ4v) is 4.88. The molecule has 112 valence electrons. The number of sulfone groups is 1. The van der Waals surface area contributed by atoms with Crippen LogP contribution in [0.4, 0.5) is 0 Å². The summed E-state index contributed by atoms with van der Waals surface area (Å²) in [6, 6.07) is 8.82. The number of nitrogens with one attached hydrogen (secondary N) is 1. The Balaban J connectivity index is 2.16. The molecular formula is C16H25NO2S. The lowest BCUT2D eigenvalue weighted by Crippen LogP contribution is -2.29. The van der Waals surface area contributed by atoms with E-state index in [0.717, 1.165) is 25.8 Å². The molecule has 1 aliphatic rings. The lowest BCUT2D eigenvalue weighted by atomic mass is 9.91. The topological polar surface area (TPSA) is 46.2 Å². The maximum Gasteiger partial charge on any atom is 0.150 e. The molecule has 1 aromatic carbocycles. The van der Waals surface area contributed by atoms with E-state index >= 15 is 0 Å². The van der Waals surface area contributed by atoms with Gasteiger partial charge in [-0.3, -0.25) is 0 Å². The van der Waals surface area contributed by atoms with E-state index in [-0.39, 0.29) is 12.0 Å². The first-order valence-electron chi connectivity index (χ1n) is 7.58. The van der Waals surface area contributed by atoms with Gasteiger partial charge in [0.1, 0.15) is 0 Å². The van der Waals surface area contributed by atoms with Crippen LogP contribution in [0.25, 0.3) is 0 Å². The van der Waals surface area contributed by atoms with Gasteiger partial charge in [0.15, 0.2) is 9.84 Å². The predicted molar refractivity (Wildman–Crippen MR) is 83.6 cm³/mol. The third kappa shape index (κ3) is 3.83. The van der Waals surface area contributed by atoms with Gasteiger partial charge in [-0.15, -0.1) is 0 Å². The Labute approximate surface area is 122 Å². The lowest BCUT2D eigenvalue weighted by Gasteiger charge is -2.24. The van der Waals surface area contributed by atoms with Gasteiger partial charge in [0.05, 0.1) is 11.5 Å². The van der Waals surface area contributed by atoms with Crippen molar-refractivity contribution in [2.24, 2.45) is 5.92 Å². The molecule has 4 heteroatoms. The molecule has 0 bridgehead atoms. The Kier molecular flexibility index (Phi) is 5.22. The molecule has 1 fully saturated rings. The van der Waals surface area contributed by atoms with Crippen molar-refractivity contribution in [2.75, 3.05) is 18.1 Å². The molecular weight excluding hydrogens is 270 g/mol. The third-order valence-corrected chi connectivity index (χ3v) is 5.83. The van der Waals surface area contributed by atoms with Gasteiger partial charge >= 0.3 is 0 Å². The van der Waals surface area contributed by atoms with Gasteiger partial charge in [-0.05, 0) is 36.4 Å². The summed E-state index contributed by atoms with van der Waals surface area (Å²) in [7, 11) is -2.82. The smallest absolute Gasteiger partial charge is 0.150 e. The number of hydrogen-bond donors (Lipinski definition) is 1. The van der Waals surface area contributed by atoms with E-state index in [1.165, 1.54) is 11.1 Å². The van der Waals surface area contributed by atoms with Crippen LogP contribution in [0.3, 0.4) is 0 Å². The molecule has 0 radical (unpaired) electrons. The highest BCUT2D eigenvalue weighted by Gasteiger charge is 2.33. The molecule has 2 rings (SSSR count). The number of hydrogen-bond acceptors (Lipinski definition) is 3. The minimum Gasteiger partial charge on any atom is -0.310 e. The number of aryl methyl sites for hydroxylation is 1. The molecule has 2 unspecified atom stereocenters. The summed E-state index contributed by atoms with van der Waals surface area (Å²) in [5.41, 5.74) is 2.57. The van der Waals surface area contributed by atoms with E-state index < -0.39 is 9.84 Å². The molecule has 2 atom stereocenters. The van der Waals surface area contributed by atoms with Crippen LogP contribution < -0.4 is 5.32 Å². The van der Waals surface area contributed by atoms with Gasteiger partial charge < -0.3 is 5.32 Å². The summed E-state index contributed by atoms with van der Waals surface area (Å²) >= 11 is 0. The molecule has 1 aliphatic heterocycles.